The van der Waals surface area contributed by atoms with E-state index in [4.69, 9.17) is 8.83 Å². The van der Waals surface area contributed by atoms with Crippen molar-refractivity contribution in [2.75, 3.05) is 9.80 Å². The molecule has 0 radical (unpaired) electrons. The first-order valence-electron chi connectivity index (χ1n) is 45.3. The van der Waals surface area contributed by atoms with Crippen LogP contribution in [-0.2, 0) is 0 Å². The monoisotopic (exact) mass is 1680 g/mol. The van der Waals surface area contributed by atoms with Gasteiger partial charge in [0.2, 0.25) is 0 Å². The number of aromatic nitrogens is 4. The minimum atomic E-state index is 0.903. The second kappa shape index (κ2) is 27.9. The van der Waals surface area contributed by atoms with Gasteiger partial charge in [-0.1, -0.05) is 218 Å². The van der Waals surface area contributed by atoms with Crippen molar-refractivity contribution in [3.05, 3.63) is 449 Å². The van der Waals surface area contributed by atoms with Gasteiger partial charge < -0.3 is 36.6 Å². The van der Waals surface area contributed by atoms with Gasteiger partial charge in [-0.3, -0.25) is 0 Å². The van der Waals surface area contributed by atoms with Crippen LogP contribution in [0.3, 0.4) is 0 Å². The van der Waals surface area contributed by atoms with Gasteiger partial charge in [-0.2, -0.15) is 0 Å². The van der Waals surface area contributed by atoms with Gasteiger partial charge in [0.05, 0.1) is 55.2 Å². The van der Waals surface area contributed by atoms with Crippen molar-refractivity contribution in [1.29, 1.82) is 0 Å². The smallest absolute Gasteiger partial charge is 0.135 e. The number of hydrogen-bond donors (Lipinski definition) is 0. The van der Waals surface area contributed by atoms with Crippen molar-refractivity contribution in [2.24, 2.45) is 0 Å². The highest BCUT2D eigenvalue weighted by Gasteiger charge is 2.27. The van der Waals surface area contributed by atoms with Crippen LogP contribution >= 0.6 is 0 Å². The number of para-hydroxylation sites is 10. The minimum absolute atomic E-state index is 0.903. The van der Waals surface area contributed by atoms with Crippen LogP contribution in [-0.4, -0.2) is 17.9 Å². The van der Waals surface area contributed by atoms with E-state index in [1.54, 1.807) is 0 Å². The Hall–Kier alpha value is -17.7. The van der Waals surface area contributed by atoms with Crippen LogP contribution in [0.25, 0.3) is 240 Å². The fourth-order valence-electron chi connectivity index (χ4n) is 22.3. The number of hydrogen-bond acceptors (Lipinski definition) is 4. The first-order valence-corrected chi connectivity index (χ1v) is 45.3. The van der Waals surface area contributed by atoms with Crippen molar-refractivity contribution in [3.63, 3.8) is 0 Å². The average molecular weight is 1680 g/mol. The van der Waals surface area contributed by atoms with Gasteiger partial charge >= 0.3 is 0 Å². The summed E-state index contributed by atoms with van der Waals surface area (Å²) in [5.74, 6) is 0. The van der Waals surface area contributed by atoms with Crippen molar-refractivity contribution in [2.45, 2.75) is 0 Å². The molecule has 0 N–H and O–H groups in total. The minimum Gasteiger partial charge on any atom is -0.456 e. The number of rotatable bonds is 10. The summed E-state index contributed by atoms with van der Waals surface area (Å²) in [5.41, 5.74) is 29.5. The van der Waals surface area contributed by atoms with E-state index in [9.17, 15) is 0 Å². The quantitative estimate of drug-likeness (QED) is 0.137. The molecule has 0 aliphatic rings. The van der Waals surface area contributed by atoms with E-state index in [-0.39, 0.29) is 0 Å². The third-order valence-electron chi connectivity index (χ3n) is 28.2. The average Bonchev–Trinajstić information content (AvgIpc) is 1.53. The Bertz CT molecular complexity index is 9440. The Morgan fingerprint density at radius 1 is 0.152 bits per heavy atom. The molecule has 0 fully saturated rings. The van der Waals surface area contributed by atoms with Gasteiger partial charge in [-0.05, 0) is 296 Å². The lowest BCUT2D eigenvalue weighted by molar-refractivity contribution is 0.668. The highest BCUT2D eigenvalue weighted by Crippen LogP contribution is 2.51. The third-order valence-corrected chi connectivity index (χ3v) is 28.2. The Kier molecular flexibility index (Phi) is 15.3. The molecule has 0 atom stereocenters. The van der Waals surface area contributed by atoms with Crippen LogP contribution in [0.1, 0.15) is 0 Å². The van der Waals surface area contributed by atoms with Crippen LogP contribution in [0.4, 0.5) is 34.1 Å². The predicted molar refractivity (Wildman–Crippen MR) is 556 cm³/mol. The zero-order chi connectivity index (χ0) is 86.1. The summed E-state index contributed by atoms with van der Waals surface area (Å²) < 4.78 is 22.5. The molecule has 0 amide bonds. The molecular weight excluding hydrogens is 1610 g/mol. The van der Waals surface area contributed by atoms with Gasteiger partial charge in [0.1, 0.15) is 22.3 Å². The maximum Gasteiger partial charge on any atom is 0.135 e. The lowest BCUT2D eigenvalue weighted by atomic mass is 9.96. The van der Waals surface area contributed by atoms with E-state index in [0.29, 0.717) is 0 Å². The van der Waals surface area contributed by atoms with Crippen LogP contribution in [0.15, 0.2) is 458 Å². The van der Waals surface area contributed by atoms with Gasteiger partial charge in [0, 0.05) is 132 Å². The molecule has 8 nitrogen and oxygen atoms in total. The normalized spacial score (nSPS) is 12.2. The number of benzene rings is 22. The summed E-state index contributed by atoms with van der Waals surface area (Å²) in [7, 11) is 0. The maximum absolute atomic E-state index is 6.28. The molecule has 30 aromatic rings. The van der Waals surface area contributed by atoms with Crippen molar-refractivity contribution in [3.8, 4) is 33.6 Å². The van der Waals surface area contributed by atoms with E-state index in [0.717, 1.165) is 89.4 Å². The van der Waals surface area contributed by atoms with E-state index < -0.39 is 0 Å². The molecule has 8 aromatic heterocycles. The van der Waals surface area contributed by atoms with Crippen molar-refractivity contribution < 1.29 is 8.83 Å². The molecule has 22 aromatic carbocycles. The van der Waals surface area contributed by atoms with Crippen molar-refractivity contribution in [1.82, 2.24) is 17.9 Å². The third kappa shape index (κ3) is 10.8. The summed E-state index contributed by atoms with van der Waals surface area (Å²) in [6.45, 7) is 0. The largest absolute Gasteiger partial charge is 0.456 e. The van der Waals surface area contributed by atoms with E-state index in [2.05, 4.69) is 465 Å². The van der Waals surface area contributed by atoms with Gasteiger partial charge in [-0.25, -0.2) is 0 Å². The van der Waals surface area contributed by atoms with Gasteiger partial charge in [-0.15, -0.1) is 0 Å². The first-order chi connectivity index (χ1) is 65.4. The molecule has 0 saturated carbocycles. The van der Waals surface area contributed by atoms with E-state index in [1.165, 1.54) is 185 Å². The summed E-state index contributed by atoms with van der Waals surface area (Å²) in [6.07, 6.45) is 0. The molecule has 132 heavy (non-hydrogen) atoms. The fraction of sp³-hybridized carbons (Fsp3) is 0. The maximum atomic E-state index is 6.28. The Labute approximate surface area is 754 Å². The molecule has 0 saturated heterocycles. The zero-order valence-electron chi connectivity index (χ0n) is 71.2. The van der Waals surface area contributed by atoms with Crippen LogP contribution < -0.4 is 9.80 Å². The highest BCUT2D eigenvalue weighted by molar-refractivity contribution is 6.30. The molecule has 0 spiro atoms. The van der Waals surface area contributed by atoms with Crippen LogP contribution in [0.5, 0.6) is 0 Å². The van der Waals surface area contributed by atoms with E-state index in [1.807, 2.05) is 12.1 Å². The molecule has 0 aliphatic heterocycles. The number of furan rings is 2. The predicted octanol–water partition coefficient (Wildman–Crippen LogP) is 34.6. The molecule has 0 aliphatic carbocycles. The number of anilines is 6. The second-order valence-corrected chi connectivity index (χ2v) is 35.5. The summed E-state index contributed by atoms with van der Waals surface area (Å²) in [4.78, 5) is 4.68. The number of nitrogens with zero attached hydrogens (tertiary/aromatic N) is 6. The van der Waals surface area contributed by atoms with E-state index >= 15 is 0 Å². The molecule has 612 valence electrons. The van der Waals surface area contributed by atoms with Crippen LogP contribution in [0.2, 0.25) is 0 Å². The Morgan fingerprint density at radius 2 is 0.424 bits per heavy atom. The molecule has 8 heteroatoms. The second-order valence-electron chi connectivity index (χ2n) is 35.5. The van der Waals surface area contributed by atoms with Gasteiger partial charge in [0.25, 0.3) is 0 Å². The molecular formula is C124H74N6O2. The van der Waals surface area contributed by atoms with Crippen molar-refractivity contribution >= 4 is 241 Å². The fourth-order valence-corrected chi connectivity index (χ4v) is 22.3. The summed E-state index contributed by atoms with van der Waals surface area (Å²) in [6, 6.07) is 164. The lowest BCUT2D eigenvalue weighted by Crippen LogP contribution is -2.09. The topological polar surface area (TPSA) is 51.4 Å². The highest BCUT2D eigenvalue weighted by atomic mass is 16.3. The molecule has 8 heterocycles. The Morgan fingerprint density at radius 3 is 0.758 bits per heavy atom. The zero-order valence-corrected chi connectivity index (χ0v) is 71.2. The summed E-state index contributed by atoms with van der Waals surface area (Å²) in [5, 5.41) is 29.3. The standard InChI is InChI=1S/C62H35N3O.C62H39N3O/c1-6-16-54-44(11-1)45-12-2-7-17-55(45)63(54)42-24-21-36-29-49-52-32-41(38-23-26-61-51(31-38)48-15-5-10-20-60(48)66-61)33-53-50-30-37-22-25-43(64-56-18-8-3-13-46(56)47-14-4-9-19-57(47)64)28-40(37)35-59(50)65(62(52)53)58(49)34-39(36)27-42;1-5-15-46(16-6-1)63(47-17-7-2-8-18-47)50-28-25-40-33-53-56-36-45(42-27-30-61-55(35-42)52-23-13-14-24-60(52)66-61)37-57-54-34-41-26-29-51(64(48-19-9-3-10-20-48)49-21-11-4-12-22-49)32-44(41)39-59(54)65(62(56)57)58(53)38-43(40)31-50/h1-35H;1-39H. The van der Waals surface area contributed by atoms with Gasteiger partial charge in [0.15, 0.2) is 0 Å². The first kappa shape index (κ1) is 72.4. The molecule has 0 bridgehead atoms. The molecule has 0 unspecified atom stereocenters. The number of fused-ring (bicyclic) bond motifs is 28. The SMILES string of the molecule is c1ccc(N(c2ccccc2)c2ccc3cc4c5cc(-c6ccc7oc8ccccc8c7c6)cc6c7cc8ccc(N(c9ccccc9)c9ccccc9)cc8cc7n(c4cc3c2)c56)cc1.c1ccc2c(c1)oc1ccc(-c3cc4c5cc6ccc(-n7c8ccccc8c8ccccc87)cc6cc5n5c6cc7cc(-n8c9ccccc9c9ccccc98)ccc7cc6c(c3)c45)cc12. The summed E-state index contributed by atoms with van der Waals surface area (Å²) >= 11 is 0. The Balaban J connectivity index is 0.000000129. The molecule has 30 rings (SSSR count). The van der Waals surface area contributed by atoms with Crippen LogP contribution in [0, 0.1) is 0 Å². The lowest BCUT2D eigenvalue weighted by Gasteiger charge is -2.25.